The van der Waals surface area contributed by atoms with Gasteiger partial charge in [-0.2, -0.15) is 0 Å². The van der Waals surface area contributed by atoms with E-state index in [-0.39, 0.29) is 11.9 Å². The fourth-order valence-corrected chi connectivity index (χ4v) is 2.49. The van der Waals surface area contributed by atoms with Gasteiger partial charge < -0.3 is 15.6 Å². The van der Waals surface area contributed by atoms with E-state index in [0.717, 1.165) is 36.2 Å². The minimum atomic E-state index is -0.0566. The third-order valence-corrected chi connectivity index (χ3v) is 3.53. The van der Waals surface area contributed by atoms with Crippen molar-refractivity contribution in [3.63, 3.8) is 0 Å². The van der Waals surface area contributed by atoms with Crippen LogP contribution in [0.1, 0.15) is 18.7 Å². The molecule has 2 aromatic rings. The first-order chi connectivity index (χ1) is 9.22. The summed E-state index contributed by atoms with van der Waals surface area (Å²) < 4.78 is 0. The van der Waals surface area contributed by atoms with E-state index in [2.05, 4.69) is 20.6 Å². The van der Waals surface area contributed by atoms with Crippen molar-refractivity contribution >= 4 is 28.5 Å². The summed E-state index contributed by atoms with van der Waals surface area (Å²) in [6.07, 6.45) is 1.96. The van der Waals surface area contributed by atoms with Gasteiger partial charge in [-0.05, 0) is 37.6 Å². The minimum absolute atomic E-state index is 0.0380. The predicted molar refractivity (Wildman–Crippen MR) is 74.0 cm³/mol. The van der Waals surface area contributed by atoms with E-state index in [1.807, 2.05) is 12.1 Å². The van der Waals surface area contributed by atoms with E-state index in [1.165, 1.54) is 0 Å². The molecule has 3 N–H and O–H groups in total. The molecule has 0 aliphatic carbocycles. The summed E-state index contributed by atoms with van der Waals surface area (Å²) in [5.74, 6) is 0.777. The van der Waals surface area contributed by atoms with E-state index in [0.29, 0.717) is 11.6 Å². The number of nitrogens with zero attached hydrogens (tertiary/aromatic N) is 1. The van der Waals surface area contributed by atoms with Crippen LogP contribution in [0.4, 0.5) is 0 Å². The van der Waals surface area contributed by atoms with E-state index in [9.17, 15) is 4.79 Å². The number of fused-ring (bicyclic) bond motifs is 1. The molecule has 0 bridgehead atoms. The molecule has 0 radical (unpaired) electrons. The highest BCUT2D eigenvalue weighted by Crippen LogP contribution is 2.17. The van der Waals surface area contributed by atoms with Crippen LogP contribution in [0, 0.1) is 0 Å². The zero-order chi connectivity index (χ0) is 13.2. The van der Waals surface area contributed by atoms with Crippen LogP contribution in [-0.2, 0) is 11.3 Å². The third-order valence-electron chi connectivity index (χ3n) is 3.30. The normalized spacial score (nSPS) is 18.9. The Morgan fingerprint density at radius 1 is 1.53 bits per heavy atom. The molecule has 0 saturated carbocycles. The number of imidazole rings is 1. The Kier molecular flexibility index (Phi) is 3.40. The quantitative estimate of drug-likeness (QED) is 0.798. The Hall–Kier alpha value is -1.59. The lowest BCUT2D eigenvalue weighted by molar-refractivity contribution is -0.122. The number of hydrogen-bond donors (Lipinski definition) is 3. The Morgan fingerprint density at radius 3 is 3.21 bits per heavy atom. The first-order valence-corrected chi connectivity index (χ1v) is 6.75. The Balaban J connectivity index is 1.66. The van der Waals surface area contributed by atoms with Gasteiger partial charge in [0.15, 0.2) is 0 Å². The number of halogens is 1. The molecule has 1 aromatic carbocycles. The maximum atomic E-state index is 11.9. The average Bonchev–Trinajstić information content (AvgIpc) is 3.04. The number of aromatic amines is 1. The molecule has 0 spiro atoms. The van der Waals surface area contributed by atoms with Crippen LogP contribution in [0.2, 0.25) is 5.02 Å². The number of carbonyl (C=O) groups excluding carboxylic acids is 1. The summed E-state index contributed by atoms with van der Waals surface area (Å²) in [5, 5.41) is 6.72. The van der Waals surface area contributed by atoms with Crippen molar-refractivity contribution in [2.75, 3.05) is 6.54 Å². The molecule has 1 atom stereocenters. The van der Waals surface area contributed by atoms with Gasteiger partial charge in [0.05, 0.1) is 23.6 Å². The Morgan fingerprint density at radius 2 is 2.42 bits per heavy atom. The number of benzene rings is 1. The van der Waals surface area contributed by atoms with Gasteiger partial charge in [0.1, 0.15) is 5.82 Å². The molecule has 1 aliphatic heterocycles. The number of carbonyl (C=O) groups is 1. The van der Waals surface area contributed by atoms with Gasteiger partial charge in [-0.15, -0.1) is 0 Å². The molecule has 1 saturated heterocycles. The minimum Gasteiger partial charge on any atom is -0.348 e. The van der Waals surface area contributed by atoms with Gasteiger partial charge in [-0.25, -0.2) is 4.98 Å². The third kappa shape index (κ3) is 2.72. The molecule has 0 unspecified atom stereocenters. The molecular weight excluding hydrogens is 264 g/mol. The highest BCUT2D eigenvalue weighted by molar-refractivity contribution is 6.31. The second-order valence-corrected chi connectivity index (χ2v) is 5.15. The number of aromatic nitrogens is 2. The lowest BCUT2D eigenvalue weighted by atomic mass is 10.2. The smallest absolute Gasteiger partial charge is 0.237 e. The summed E-state index contributed by atoms with van der Waals surface area (Å²) >= 11 is 5.92. The fraction of sp³-hybridized carbons (Fsp3) is 0.385. The number of hydrogen-bond acceptors (Lipinski definition) is 3. The van der Waals surface area contributed by atoms with Crippen LogP contribution in [0.15, 0.2) is 18.2 Å². The zero-order valence-electron chi connectivity index (χ0n) is 10.4. The summed E-state index contributed by atoms with van der Waals surface area (Å²) in [5.41, 5.74) is 1.74. The lowest BCUT2D eigenvalue weighted by Gasteiger charge is -2.09. The number of rotatable bonds is 3. The molecular formula is C13H15ClN4O. The van der Waals surface area contributed by atoms with Gasteiger partial charge in [0, 0.05) is 5.02 Å². The predicted octanol–water partition coefficient (Wildman–Crippen LogP) is 1.58. The van der Waals surface area contributed by atoms with Crippen LogP contribution in [-0.4, -0.2) is 28.5 Å². The molecule has 1 aliphatic rings. The van der Waals surface area contributed by atoms with Crippen molar-refractivity contribution in [3.8, 4) is 0 Å². The van der Waals surface area contributed by atoms with Crippen molar-refractivity contribution in [3.05, 3.63) is 29.0 Å². The number of H-pyrrole nitrogens is 1. The highest BCUT2D eigenvalue weighted by Gasteiger charge is 2.21. The summed E-state index contributed by atoms with van der Waals surface area (Å²) in [6, 6.07) is 5.43. The molecule has 5 nitrogen and oxygen atoms in total. The highest BCUT2D eigenvalue weighted by atomic mass is 35.5. The molecule has 100 valence electrons. The monoisotopic (exact) mass is 278 g/mol. The first kappa shape index (κ1) is 12.4. The number of amides is 1. The summed E-state index contributed by atoms with van der Waals surface area (Å²) in [4.78, 5) is 19.4. The molecule has 3 rings (SSSR count). The first-order valence-electron chi connectivity index (χ1n) is 6.37. The molecule has 2 heterocycles. The SMILES string of the molecule is O=C(NCc1nc2ccc(Cl)cc2[nH]1)[C@@H]1CCCN1. The molecule has 1 fully saturated rings. The molecule has 1 amide bonds. The van der Waals surface area contributed by atoms with Crippen molar-refractivity contribution < 1.29 is 4.79 Å². The maximum absolute atomic E-state index is 11.9. The van der Waals surface area contributed by atoms with Gasteiger partial charge in [-0.3, -0.25) is 4.79 Å². The average molecular weight is 279 g/mol. The standard InChI is InChI=1S/C13H15ClN4O/c14-8-3-4-9-11(6-8)18-12(17-9)7-16-13(19)10-2-1-5-15-10/h3-4,6,10,15H,1-2,5,7H2,(H,16,19)(H,17,18)/t10-/m0/s1. The van der Waals surface area contributed by atoms with Crippen molar-refractivity contribution in [1.29, 1.82) is 0 Å². The molecule has 1 aromatic heterocycles. The molecule has 19 heavy (non-hydrogen) atoms. The molecule has 6 heteroatoms. The topological polar surface area (TPSA) is 69.8 Å². The van der Waals surface area contributed by atoms with Crippen LogP contribution in [0.5, 0.6) is 0 Å². The van der Waals surface area contributed by atoms with E-state index < -0.39 is 0 Å². The second-order valence-electron chi connectivity index (χ2n) is 4.71. The van der Waals surface area contributed by atoms with Crippen molar-refractivity contribution in [2.24, 2.45) is 0 Å². The Labute approximate surface area is 115 Å². The van der Waals surface area contributed by atoms with Gasteiger partial charge in [0.2, 0.25) is 5.91 Å². The van der Waals surface area contributed by atoms with Crippen LogP contribution in [0.25, 0.3) is 11.0 Å². The van der Waals surface area contributed by atoms with Crippen molar-refractivity contribution in [2.45, 2.75) is 25.4 Å². The maximum Gasteiger partial charge on any atom is 0.237 e. The zero-order valence-corrected chi connectivity index (χ0v) is 11.1. The largest absolute Gasteiger partial charge is 0.348 e. The van der Waals surface area contributed by atoms with E-state index in [1.54, 1.807) is 6.07 Å². The summed E-state index contributed by atoms with van der Waals surface area (Å²) in [6.45, 7) is 1.32. The van der Waals surface area contributed by atoms with Gasteiger partial charge in [-0.1, -0.05) is 11.6 Å². The lowest BCUT2D eigenvalue weighted by Crippen LogP contribution is -2.40. The van der Waals surface area contributed by atoms with E-state index >= 15 is 0 Å². The number of nitrogens with one attached hydrogen (secondary N) is 3. The second kappa shape index (κ2) is 5.19. The van der Waals surface area contributed by atoms with Gasteiger partial charge >= 0.3 is 0 Å². The Bertz CT molecular complexity index is 604. The fourth-order valence-electron chi connectivity index (χ4n) is 2.32. The summed E-state index contributed by atoms with van der Waals surface area (Å²) in [7, 11) is 0. The van der Waals surface area contributed by atoms with Gasteiger partial charge in [0.25, 0.3) is 0 Å². The van der Waals surface area contributed by atoms with E-state index in [4.69, 9.17) is 11.6 Å². The van der Waals surface area contributed by atoms with Crippen LogP contribution in [0.3, 0.4) is 0 Å². The van der Waals surface area contributed by atoms with Crippen LogP contribution >= 0.6 is 11.6 Å². The van der Waals surface area contributed by atoms with Crippen LogP contribution < -0.4 is 10.6 Å². The van der Waals surface area contributed by atoms with Crippen molar-refractivity contribution in [1.82, 2.24) is 20.6 Å².